The summed E-state index contributed by atoms with van der Waals surface area (Å²) >= 11 is 8.47. The maximum Gasteiger partial charge on any atom is 0.351 e. The molecule has 0 aliphatic heterocycles. The second-order valence-electron chi connectivity index (χ2n) is 5.82. The third kappa shape index (κ3) is 3.16. The van der Waals surface area contributed by atoms with Crippen LogP contribution < -0.4 is 0 Å². The molecule has 0 bridgehead atoms. The first-order valence-electron chi connectivity index (χ1n) is 7.77. The molecule has 0 aliphatic rings. The lowest BCUT2D eigenvalue weighted by Gasteiger charge is -2.12. The molecular formula is C16H11ClF2IN7. The van der Waals surface area contributed by atoms with Crippen LogP contribution in [0.4, 0.5) is 8.78 Å². The van der Waals surface area contributed by atoms with Gasteiger partial charge in [-0.15, -0.1) is 10.2 Å². The molecule has 0 amide bonds. The molecule has 1 N–H and O–H groups in total. The van der Waals surface area contributed by atoms with Crippen LogP contribution >= 0.6 is 34.2 Å². The van der Waals surface area contributed by atoms with E-state index < -0.39 is 17.4 Å². The van der Waals surface area contributed by atoms with Gasteiger partial charge in [-0.25, -0.2) is 9.67 Å². The van der Waals surface area contributed by atoms with E-state index in [0.29, 0.717) is 28.3 Å². The molecule has 1 aromatic carbocycles. The number of aryl methyl sites for hydroxylation is 1. The predicted molar refractivity (Wildman–Crippen MR) is 103 cm³/mol. The largest absolute Gasteiger partial charge is 0.351 e. The van der Waals surface area contributed by atoms with E-state index in [0.717, 1.165) is 9.13 Å². The van der Waals surface area contributed by atoms with Crippen molar-refractivity contribution in [3.63, 3.8) is 0 Å². The fraction of sp³-hybridized carbons (Fsp3) is 0.188. The zero-order valence-electron chi connectivity index (χ0n) is 13.8. The SMILES string of the molecule is Cc1nn(Cc2c(Cl)cccc2I)c2nc(C(F)(F)c3nn[nH]n3)ccc12. The van der Waals surface area contributed by atoms with Gasteiger partial charge < -0.3 is 0 Å². The summed E-state index contributed by atoms with van der Waals surface area (Å²) in [5.74, 6) is -4.22. The molecule has 3 aromatic heterocycles. The molecule has 4 rings (SSSR count). The molecule has 11 heteroatoms. The zero-order valence-corrected chi connectivity index (χ0v) is 16.7. The Balaban J connectivity index is 1.83. The van der Waals surface area contributed by atoms with Crippen molar-refractivity contribution in [3.8, 4) is 0 Å². The van der Waals surface area contributed by atoms with Crippen LogP contribution in [0.15, 0.2) is 30.3 Å². The number of H-pyrrole nitrogens is 1. The Morgan fingerprint density at radius 1 is 1.26 bits per heavy atom. The van der Waals surface area contributed by atoms with Gasteiger partial charge in [-0.05, 0) is 59.0 Å². The van der Waals surface area contributed by atoms with Gasteiger partial charge in [0, 0.05) is 19.5 Å². The van der Waals surface area contributed by atoms with Crippen molar-refractivity contribution in [1.82, 2.24) is 35.4 Å². The molecular weight excluding hydrogens is 491 g/mol. The number of tetrazole rings is 1. The maximum atomic E-state index is 14.6. The molecule has 0 saturated heterocycles. The van der Waals surface area contributed by atoms with E-state index in [-0.39, 0.29) is 0 Å². The van der Waals surface area contributed by atoms with Crippen LogP contribution in [0.25, 0.3) is 11.0 Å². The standard InChI is InChI=1S/C16H11ClF2IN7/c1-8-9-5-6-13(16(18,19)15-22-25-26-23-15)21-14(9)27(24-8)7-10-11(17)3-2-4-12(10)20/h2-6H,7H2,1H3,(H,22,23,25,26). The highest BCUT2D eigenvalue weighted by atomic mass is 127. The highest BCUT2D eigenvalue weighted by molar-refractivity contribution is 14.1. The van der Waals surface area contributed by atoms with Gasteiger partial charge in [0.05, 0.1) is 12.2 Å². The number of nitrogens with one attached hydrogen (secondary N) is 1. The highest BCUT2D eigenvalue weighted by Crippen LogP contribution is 2.33. The first-order chi connectivity index (χ1) is 12.9. The molecule has 0 unspecified atom stereocenters. The van der Waals surface area contributed by atoms with Crippen molar-refractivity contribution in [2.45, 2.75) is 19.4 Å². The Bertz CT molecular complexity index is 1110. The summed E-state index contributed by atoms with van der Waals surface area (Å²) in [6, 6.07) is 8.37. The molecule has 0 saturated carbocycles. The van der Waals surface area contributed by atoms with Crippen LogP contribution in [-0.4, -0.2) is 35.4 Å². The molecule has 0 atom stereocenters. The van der Waals surface area contributed by atoms with Gasteiger partial charge in [-0.3, -0.25) is 0 Å². The third-order valence-corrected chi connectivity index (χ3v) is 5.46. The zero-order chi connectivity index (χ0) is 19.2. The van der Waals surface area contributed by atoms with E-state index in [2.05, 4.69) is 53.3 Å². The summed E-state index contributed by atoms with van der Waals surface area (Å²) in [4.78, 5) is 4.16. The van der Waals surface area contributed by atoms with Crippen LogP contribution in [0.2, 0.25) is 5.02 Å². The molecule has 0 aliphatic carbocycles. The summed E-state index contributed by atoms with van der Waals surface area (Å²) in [5.41, 5.74) is 1.39. The first-order valence-corrected chi connectivity index (χ1v) is 9.23. The summed E-state index contributed by atoms with van der Waals surface area (Å²) in [6.45, 7) is 2.11. The third-order valence-electron chi connectivity index (χ3n) is 4.10. The van der Waals surface area contributed by atoms with Gasteiger partial charge in [0.25, 0.3) is 0 Å². The number of pyridine rings is 1. The molecule has 0 spiro atoms. The van der Waals surface area contributed by atoms with Crippen molar-refractivity contribution >= 4 is 45.2 Å². The number of hydrogen-bond donors (Lipinski definition) is 1. The fourth-order valence-corrected chi connectivity index (χ4v) is 3.80. The molecule has 0 radical (unpaired) electrons. The van der Waals surface area contributed by atoms with E-state index in [1.165, 1.54) is 6.07 Å². The second-order valence-corrected chi connectivity index (χ2v) is 7.39. The summed E-state index contributed by atoms with van der Waals surface area (Å²) in [5, 5.41) is 17.7. The average Bonchev–Trinajstić information content (AvgIpc) is 3.27. The number of fused-ring (bicyclic) bond motifs is 1. The van der Waals surface area contributed by atoms with Crippen LogP contribution in [0, 0.1) is 10.5 Å². The van der Waals surface area contributed by atoms with Crippen molar-refractivity contribution in [3.05, 3.63) is 61.7 Å². The number of hydrogen-bond acceptors (Lipinski definition) is 5. The smallest absolute Gasteiger partial charge is 0.242 e. The van der Waals surface area contributed by atoms with Gasteiger partial charge in [0.2, 0.25) is 5.82 Å². The average molecular weight is 502 g/mol. The highest BCUT2D eigenvalue weighted by Gasteiger charge is 2.41. The monoisotopic (exact) mass is 501 g/mol. The number of benzene rings is 1. The van der Waals surface area contributed by atoms with E-state index >= 15 is 0 Å². The normalized spacial score (nSPS) is 12.0. The van der Waals surface area contributed by atoms with Crippen molar-refractivity contribution < 1.29 is 8.78 Å². The Morgan fingerprint density at radius 3 is 2.78 bits per heavy atom. The molecule has 27 heavy (non-hydrogen) atoms. The van der Waals surface area contributed by atoms with Gasteiger partial charge in [-0.1, -0.05) is 17.7 Å². The Labute approximate surface area is 170 Å². The van der Waals surface area contributed by atoms with Gasteiger partial charge >= 0.3 is 5.92 Å². The Hall–Kier alpha value is -2.21. The number of alkyl halides is 2. The Morgan fingerprint density at radius 2 is 2.07 bits per heavy atom. The Kier molecular flexibility index (Phi) is 4.54. The van der Waals surface area contributed by atoms with Gasteiger partial charge in [0.15, 0.2) is 5.65 Å². The summed E-state index contributed by atoms with van der Waals surface area (Å²) < 4.78 is 31.8. The van der Waals surface area contributed by atoms with E-state index in [1.54, 1.807) is 23.7 Å². The van der Waals surface area contributed by atoms with E-state index in [1.807, 2.05) is 12.1 Å². The van der Waals surface area contributed by atoms with Gasteiger partial charge in [0.1, 0.15) is 5.69 Å². The summed E-state index contributed by atoms with van der Waals surface area (Å²) in [6.07, 6.45) is 0. The van der Waals surface area contributed by atoms with Crippen LogP contribution in [0.5, 0.6) is 0 Å². The summed E-state index contributed by atoms with van der Waals surface area (Å²) in [7, 11) is 0. The van der Waals surface area contributed by atoms with Gasteiger partial charge in [-0.2, -0.15) is 19.1 Å². The number of halogens is 4. The topological polar surface area (TPSA) is 85.2 Å². The number of aromatic amines is 1. The van der Waals surface area contributed by atoms with Crippen LogP contribution in [-0.2, 0) is 12.5 Å². The van der Waals surface area contributed by atoms with E-state index in [4.69, 9.17) is 11.6 Å². The number of aromatic nitrogens is 7. The lowest BCUT2D eigenvalue weighted by molar-refractivity contribution is 0.0284. The van der Waals surface area contributed by atoms with Crippen molar-refractivity contribution in [1.29, 1.82) is 0 Å². The lowest BCUT2D eigenvalue weighted by atomic mass is 10.1. The minimum Gasteiger partial charge on any atom is -0.242 e. The predicted octanol–water partition coefficient (Wildman–Crippen LogP) is 3.70. The molecule has 3 heterocycles. The van der Waals surface area contributed by atoms with Crippen molar-refractivity contribution in [2.24, 2.45) is 0 Å². The van der Waals surface area contributed by atoms with E-state index in [9.17, 15) is 8.78 Å². The minimum absolute atomic E-state index is 0.312. The van der Waals surface area contributed by atoms with Crippen molar-refractivity contribution in [2.75, 3.05) is 0 Å². The second kappa shape index (κ2) is 6.75. The molecule has 7 nitrogen and oxygen atoms in total. The maximum absolute atomic E-state index is 14.6. The molecule has 4 aromatic rings. The van der Waals surface area contributed by atoms with Crippen LogP contribution in [0.3, 0.4) is 0 Å². The molecule has 138 valence electrons. The number of nitrogens with zero attached hydrogens (tertiary/aromatic N) is 6. The quantitative estimate of drug-likeness (QED) is 0.431. The first kappa shape index (κ1) is 18.2. The molecule has 0 fully saturated rings. The number of rotatable bonds is 4. The lowest BCUT2D eigenvalue weighted by Crippen LogP contribution is -2.19. The minimum atomic E-state index is -3.48. The fourth-order valence-electron chi connectivity index (χ4n) is 2.74. The van der Waals surface area contributed by atoms with Crippen LogP contribution in [0.1, 0.15) is 22.8 Å².